The van der Waals surface area contributed by atoms with Crippen molar-refractivity contribution in [3.8, 4) is 0 Å². The Morgan fingerprint density at radius 3 is 2.54 bits per heavy atom. The highest BCUT2D eigenvalue weighted by atomic mass is 32.2. The molecule has 2 heterocycles. The molecule has 0 fully saturated rings. The Labute approximate surface area is 160 Å². The third kappa shape index (κ3) is 3.46. The molecular formula is C18H17FN4O4S. The number of amides is 2. The Balaban J connectivity index is 2.12. The molecule has 2 aromatic heterocycles. The molecule has 3 aromatic rings. The lowest BCUT2D eigenvalue weighted by molar-refractivity contribution is -0.122. The highest BCUT2D eigenvalue weighted by Gasteiger charge is 2.31. The number of aromatic nitrogens is 2. The van der Waals surface area contributed by atoms with Crippen LogP contribution < -0.4 is 5.73 Å². The van der Waals surface area contributed by atoms with Gasteiger partial charge in [0.1, 0.15) is 11.9 Å². The molecule has 10 heteroatoms. The van der Waals surface area contributed by atoms with Gasteiger partial charge < -0.3 is 10.6 Å². The normalized spacial score (nSPS) is 12.7. The number of nitrogens with two attached hydrogens (primary N) is 1. The van der Waals surface area contributed by atoms with Crippen LogP contribution in [0, 0.1) is 5.82 Å². The maximum Gasteiger partial charge on any atom is 0.275 e. The highest BCUT2D eigenvalue weighted by Crippen LogP contribution is 2.24. The second kappa shape index (κ2) is 7.04. The Morgan fingerprint density at radius 2 is 1.93 bits per heavy atom. The second-order valence-corrected chi connectivity index (χ2v) is 8.16. The molecular weight excluding hydrogens is 387 g/mol. The van der Waals surface area contributed by atoms with Crippen molar-refractivity contribution < 1.29 is 22.4 Å². The van der Waals surface area contributed by atoms with Gasteiger partial charge in [-0.2, -0.15) is 0 Å². The predicted molar refractivity (Wildman–Crippen MR) is 98.7 cm³/mol. The zero-order chi connectivity index (χ0) is 20.6. The summed E-state index contributed by atoms with van der Waals surface area (Å²) in [4.78, 5) is 30.1. The zero-order valence-corrected chi connectivity index (χ0v) is 15.9. The van der Waals surface area contributed by atoms with E-state index in [9.17, 15) is 22.4 Å². The number of hydrogen-bond donors (Lipinski definition) is 1. The van der Waals surface area contributed by atoms with Crippen LogP contribution >= 0.6 is 0 Å². The molecule has 0 aliphatic carbocycles. The van der Waals surface area contributed by atoms with Crippen molar-refractivity contribution in [2.75, 3.05) is 13.3 Å². The van der Waals surface area contributed by atoms with Crippen molar-refractivity contribution in [2.24, 2.45) is 5.73 Å². The average molecular weight is 404 g/mol. The van der Waals surface area contributed by atoms with E-state index in [1.165, 1.54) is 41.9 Å². The Kier molecular flexibility index (Phi) is 4.90. The molecule has 3 rings (SSSR count). The van der Waals surface area contributed by atoms with Gasteiger partial charge in [-0.05, 0) is 29.8 Å². The maximum atomic E-state index is 13.6. The molecule has 1 aromatic carbocycles. The van der Waals surface area contributed by atoms with E-state index in [1.54, 1.807) is 12.1 Å². The summed E-state index contributed by atoms with van der Waals surface area (Å²) in [5.41, 5.74) is 5.73. The number of primary amides is 1. The number of fused-ring (bicyclic) bond motifs is 1. The van der Waals surface area contributed by atoms with Gasteiger partial charge in [-0.25, -0.2) is 17.8 Å². The fourth-order valence-corrected chi connectivity index (χ4v) is 3.74. The summed E-state index contributed by atoms with van der Waals surface area (Å²) in [5.74, 6) is -2.18. The zero-order valence-electron chi connectivity index (χ0n) is 15.0. The van der Waals surface area contributed by atoms with Crippen LogP contribution in [0.2, 0.25) is 0 Å². The second-order valence-electron chi connectivity index (χ2n) is 6.25. The largest absolute Gasteiger partial charge is 0.368 e. The molecule has 28 heavy (non-hydrogen) atoms. The first kappa shape index (κ1) is 19.5. The quantitative estimate of drug-likeness (QED) is 0.686. The number of rotatable bonds is 5. The van der Waals surface area contributed by atoms with E-state index in [2.05, 4.69) is 4.98 Å². The van der Waals surface area contributed by atoms with E-state index < -0.39 is 33.5 Å². The van der Waals surface area contributed by atoms with Crippen LogP contribution in [0.4, 0.5) is 4.39 Å². The van der Waals surface area contributed by atoms with E-state index in [4.69, 9.17) is 5.73 Å². The van der Waals surface area contributed by atoms with Crippen LogP contribution in [0.25, 0.3) is 5.52 Å². The summed E-state index contributed by atoms with van der Waals surface area (Å²) in [6.07, 6.45) is 2.44. The smallest absolute Gasteiger partial charge is 0.275 e. The number of imidazole rings is 1. The number of hydrogen-bond acceptors (Lipinski definition) is 5. The SMILES string of the molecule is CN(C(=O)c1nc(S(C)(=O)=O)n2ccccc12)C(C(N)=O)c1cccc(F)c1. The number of carbonyl (C=O) groups is 2. The number of likely N-dealkylation sites (N-methyl/N-ethyl adjacent to an activating group) is 1. The fraction of sp³-hybridized carbons (Fsp3) is 0.167. The van der Waals surface area contributed by atoms with Gasteiger partial charge >= 0.3 is 0 Å². The minimum absolute atomic E-state index is 0.161. The van der Waals surface area contributed by atoms with Crippen molar-refractivity contribution in [3.63, 3.8) is 0 Å². The first-order chi connectivity index (χ1) is 13.1. The standard InChI is InChI=1S/C18H17FN4O4S/c1-22(15(16(20)24)11-6-5-7-12(19)10-11)17(25)14-13-8-3-4-9-23(13)18(21-14)28(2,26)27/h3-10,15H,1-2H3,(H2,20,24). The molecule has 0 bridgehead atoms. The summed E-state index contributed by atoms with van der Waals surface area (Å²) < 4.78 is 38.9. The van der Waals surface area contributed by atoms with Crippen LogP contribution in [-0.2, 0) is 14.6 Å². The molecule has 2 amide bonds. The lowest BCUT2D eigenvalue weighted by atomic mass is 10.0. The van der Waals surface area contributed by atoms with E-state index in [-0.39, 0.29) is 21.9 Å². The van der Waals surface area contributed by atoms with E-state index in [0.29, 0.717) is 0 Å². The van der Waals surface area contributed by atoms with Crippen molar-refractivity contribution in [2.45, 2.75) is 11.2 Å². The molecule has 0 aliphatic rings. The Hall–Kier alpha value is -3.27. The van der Waals surface area contributed by atoms with Gasteiger partial charge in [0.2, 0.25) is 20.9 Å². The van der Waals surface area contributed by atoms with E-state index >= 15 is 0 Å². The van der Waals surface area contributed by atoms with Crippen molar-refractivity contribution >= 4 is 27.2 Å². The van der Waals surface area contributed by atoms with Crippen LogP contribution in [0.3, 0.4) is 0 Å². The lowest BCUT2D eigenvalue weighted by Gasteiger charge is -2.25. The summed E-state index contributed by atoms with van der Waals surface area (Å²) in [6.45, 7) is 0. The molecule has 0 aliphatic heterocycles. The van der Waals surface area contributed by atoms with Crippen molar-refractivity contribution in [1.82, 2.24) is 14.3 Å². The van der Waals surface area contributed by atoms with Gasteiger partial charge in [0.05, 0.1) is 5.52 Å². The molecule has 0 saturated heterocycles. The van der Waals surface area contributed by atoms with E-state index in [1.807, 2.05) is 0 Å². The maximum absolute atomic E-state index is 13.6. The third-order valence-electron chi connectivity index (χ3n) is 4.19. The number of nitrogens with zero attached hydrogens (tertiary/aromatic N) is 3. The van der Waals surface area contributed by atoms with Gasteiger partial charge in [0.25, 0.3) is 5.91 Å². The predicted octanol–water partition coefficient (Wildman–Crippen LogP) is 1.18. The van der Waals surface area contributed by atoms with Crippen molar-refractivity contribution in [1.29, 1.82) is 0 Å². The van der Waals surface area contributed by atoms with E-state index in [0.717, 1.165) is 17.2 Å². The topological polar surface area (TPSA) is 115 Å². The van der Waals surface area contributed by atoms with Gasteiger partial charge in [-0.15, -0.1) is 0 Å². The van der Waals surface area contributed by atoms with Crippen LogP contribution in [0.1, 0.15) is 22.1 Å². The third-order valence-corrected chi connectivity index (χ3v) is 5.14. The molecule has 8 nitrogen and oxygen atoms in total. The average Bonchev–Trinajstić information content (AvgIpc) is 3.01. The minimum atomic E-state index is -3.72. The van der Waals surface area contributed by atoms with Gasteiger partial charge in [0, 0.05) is 19.5 Å². The summed E-state index contributed by atoms with van der Waals surface area (Å²) in [5, 5.41) is -0.304. The first-order valence-corrected chi connectivity index (χ1v) is 9.99. The van der Waals surface area contributed by atoms with Crippen LogP contribution in [0.5, 0.6) is 0 Å². The van der Waals surface area contributed by atoms with Crippen molar-refractivity contribution in [3.05, 3.63) is 65.7 Å². The van der Waals surface area contributed by atoms with Gasteiger partial charge in [-0.1, -0.05) is 18.2 Å². The van der Waals surface area contributed by atoms with Crippen LogP contribution in [-0.4, -0.2) is 47.8 Å². The molecule has 2 N–H and O–H groups in total. The fourth-order valence-electron chi connectivity index (χ4n) is 2.97. The molecule has 1 atom stereocenters. The summed E-state index contributed by atoms with van der Waals surface area (Å²) in [7, 11) is -2.41. The van der Waals surface area contributed by atoms with Crippen LogP contribution in [0.15, 0.2) is 53.8 Å². The Morgan fingerprint density at radius 1 is 1.21 bits per heavy atom. The van der Waals surface area contributed by atoms with Gasteiger partial charge in [0.15, 0.2) is 5.69 Å². The molecule has 0 saturated carbocycles. The molecule has 146 valence electrons. The lowest BCUT2D eigenvalue weighted by Crippen LogP contribution is -2.39. The number of pyridine rings is 1. The summed E-state index contributed by atoms with van der Waals surface area (Å²) in [6, 6.07) is 8.66. The number of halogens is 1. The molecule has 0 radical (unpaired) electrons. The monoisotopic (exact) mass is 404 g/mol. The first-order valence-electron chi connectivity index (χ1n) is 8.10. The molecule has 0 spiro atoms. The Bertz CT molecular complexity index is 1190. The number of benzene rings is 1. The highest BCUT2D eigenvalue weighted by molar-refractivity contribution is 7.90. The minimum Gasteiger partial charge on any atom is -0.368 e. The number of carbonyl (C=O) groups excluding carboxylic acids is 2. The number of sulfone groups is 1. The molecule has 1 unspecified atom stereocenters. The summed E-state index contributed by atoms with van der Waals surface area (Å²) >= 11 is 0. The van der Waals surface area contributed by atoms with Gasteiger partial charge in [-0.3, -0.25) is 14.0 Å².